The molecule has 3 rings (SSSR count). The van der Waals surface area contributed by atoms with Crippen LogP contribution in [0, 0.1) is 25.3 Å². The zero-order valence-corrected chi connectivity index (χ0v) is 19.5. The van der Waals surface area contributed by atoms with Crippen molar-refractivity contribution in [2.45, 2.75) is 51.4 Å². The van der Waals surface area contributed by atoms with E-state index in [0.29, 0.717) is 18.8 Å². The molecule has 0 radical (unpaired) electrons. The average molecular weight is 455 g/mol. The summed E-state index contributed by atoms with van der Waals surface area (Å²) in [6.45, 7) is 16.5. The number of benzene rings is 1. The van der Waals surface area contributed by atoms with E-state index >= 15 is 0 Å². The molecule has 3 nitrogen and oxygen atoms in total. The minimum atomic E-state index is -1.94. The van der Waals surface area contributed by atoms with Crippen LogP contribution in [0.25, 0.3) is 4.85 Å². The molecule has 2 aromatic rings. The van der Waals surface area contributed by atoms with Gasteiger partial charge in [0.05, 0.1) is 13.8 Å². The van der Waals surface area contributed by atoms with E-state index in [1.54, 1.807) is 0 Å². The Balaban J connectivity index is 2.06. The number of carbonyl (C=O) groups excluding carboxylic acids is 1. The molecular formula is C23H27BrN2OSi. The molecule has 0 spiro atoms. The van der Waals surface area contributed by atoms with Crippen LogP contribution in [0.3, 0.4) is 0 Å². The summed E-state index contributed by atoms with van der Waals surface area (Å²) >= 11 is 3.62. The molecule has 1 heterocycles. The van der Waals surface area contributed by atoms with Crippen molar-refractivity contribution in [3.05, 3.63) is 69.7 Å². The third-order valence-corrected chi connectivity index (χ3v) is 11.5. The summed E-state index contributed by atoms with van der Waals surface area (Å²) in [6.07, 6.45) is 1.28. The van der Waals surface area contributed by atoms with Gasteiger partial charge in [-0.1, -0.05) is 55.5 Å². The van der Waals surface area contributed by atoms with Crippen molar-refractivity contribution in [1.29, 1.82) is 0 Å². The second-order valence-electron chi connectivity index (χ2n) is 8.57. The smallest absolute Gasteiger partial charge is 0.281 e. The van der Waals surface area contributed by atoms with Gasteiger partial charge in [-0.3, -0.25) is 9.78 Å². The Hall–Kier alpha value is -1.77. The number of carbonyl (C=O) groups is 1. The van der Waals surface area contributed by atoms with Crippen molar-refractivity contribution in [1.82, 2.24) is 4.98 Å². The first-order valence-corrected chi connectivity index (χ1v) is 13.7. The molecule has 1 aliphatic rings. The first-order chi connectivity index (χ1) is 13.3. The highest BCUT2D eigenvalue weighted by Gasteiger charge is 2.52. The summed E-state index contributed by atoms with van der Waals surface area (Å²) in [5.74, 6) is 0.299. The van der Waals surface area contributed by atoms with E-state index in [1.165, 1.54) is 5.19 Å². The Bertz CT molecular complexity index is 907. The molecular weight excluding hydrogens is 428 g/mol. The standard InChI is InChI=1S/C23H27BrN2OSi/c1-15-13-21(25-3)22(27)18(14-20-19(24)12-11-16(2)26-20)23(15)28(4,5)17-9-7-6-8-10-17/h6-12,15,18,21,23H,13-14H2,1-2,4-5H3/t15-,18+,21?,23+/m1/s1. The van der Waals surface area contributed by atoms with Crippen LogP contribution in [-0.2, 0) is 11.2 Å². The number of aromatic nitrogens is 1. The average Bonchev–Trinajstić information content (AvgIpc) is 2.67. The van der Waals surface area contributed by atoms with E-state index < -0.39 is 14.1 Å². The van der Waals surface area contributed by atoms with Gasteiger partial charge in [0.15, 0.2) is 0 Å². The van der Waals surface area contributed by atoms with Crippen LogP contribution in [0.1, 0.15) is 24.7 Å². The minimum Gasteiger partial charge on any atom is -0.305 e. The molecule has 0 bridgehead atoms. The molecule has 146 valence electrons. The Labute approximate surface area is 177 Å². The molecule has 28 heavy (non-hydrogen) atoms. The van der Waals surface area contributed by atoms with Crippen LogP contribution in [0.4, 0.5) is 0 Å². The van der Waals surface area contributed by atoms with E-state index in [1.807, 2.05) is 25.1 Å². The van der Waals surface area contributed by atoms with Gasteiger partial charge in [0.1, 0.15) is 0 Å². The summed E-state index contributed by atoms with van der Waals surface area (Å²) < 4.78 is 0.946. The molecule has 1 aliphatic carbocycles. The minimum absolute atomic E-state index is 0.116. The number of hydrogen-bond donors (Lipinski definition) is 0. The highest BCUT2D eigenvalue weighted by molar-refractivity contribution is 9.10. The monoisotopic (exact) mass is 454 g/mol. The topological polar surface area (TPSA) is 34.3 Å². The number of nitrogens with zero attached hydrogens (tertiary/aromatic N) is 2. The summed E-state index contributed by atoms with van der Waals surface area (Å²) in [5.41, 5.74) is 2.17. The molecule has 1 aromatic carbocycles. The first-order valence-electron chi connectivity index (χ1n) is 9.83. The number of aryl methyl sites for hydroxylation is 1. The number of pyridine rings is 1. The maximum absolute atomic E-state index is 13.4. The fourth-order valence-electron chi connectivity index (χ4n) is 5.00. The van der Waals surface area contributed by atoms with Crippen molar-refractivity contribution < 1.29 is 4.79 Å². The van der Waals surface area contributed by atoms with Crippen LogP contribution in [0.2, 0.25) is 18.6 Å². The van der Waals surface area contributed by atoms with Crippen LogP contribution < -0.4 is 5.19 Å². The molecule has 0 saturated heterocycles. The summed E-state index contributed by atoms with van der Waals surface area (Å²) in [5, 5.41) is 1.38. The predicted octanol–water partition coefficient (Wildman–Crippen LogP) is 5.19. The molecule has 1 saturated carbocycles. The van der Waals surface area contributed by atoms with Gasteiger partial charge in [0, 0.05) is 28.9 Å². The van der Waals surface area contributed by atoms with Crippen molar-refractivity contribution in [3.8, 4) is 0 Å². The Morgan fingerprint density at radius 3 is 2.54 bits per heavy atom. The number of rotatable bonds is 4. The van der Waals surface area contributed by atoms with E-state index in [0.717, 1.165) is 15.9 Å². The molecule has 0 N–H and O–H groups in total. The quantitative estimate of drug-likeness (QED) is 0.470. The fourth-order valence-corrected chi connectivity index (χ4v) is 9.66. The van der Waals surface area contributed by atoms with Gasteiger partial charge in [0.25, 0.3) is 6.04 Å². The maximum Gasteiger partial charge on any atom is 0.281 e. The van der Waals surface area contributed by atoms with Crippen molar-refractivity contribution >= 4 is 35.0 Å². The second-order valence-corrected chi connectivity index (χ2v) is 14.1. The molecule has 1 unspecified atom stereocenters. The normalized spacial score (nSPS) is 25.4. The van der Waals surface area contributed by atoms with Gasteiger partial charge < -0.3 is 4.85 Å². The lowest BCUT2D eigenvalue weighted by atomic mass is 9.76. The molecule has 4 atom stereocenters. The second kappa shape index (κ2) is 8.30. The molecule has 1 fully saturated rings. The fraction of sp³-hybridized carbons (Fsp3) is 0.435. The zero-order chi connectivity index (χ0) is 20.5. The SMILES string of the molecule is [C-]#[N+]C1C[C@@H](C)[C@H]([Si](C)(C)c2ccccc2)[C@@H](Cc2nc(C)ccc2Br)C1=O. The Morgan fingerprint density at radius 2 is 1.89 bits per heavy atom. The Kier molecular flexibility index (Phi) is 6.21. The van der Waals surface area contributed by atoms with Gasteiger partial charge in [-0.2, -0.15) is 0 Å². The number of halogens is 1. The third kappa shape index (κ3) is 3.99. The largest absolute Gasteiger partial charge is 0.305 e. The van der Waals surface area contributed by atoms with Gasteiger partial charge in [-0.15, -0.1) is 0 Å². The zero-order valence-electron chi connectivity index (χ0n) is 16.9. The van der Waals surface area contributed by atoms with Gasteiger partial charge in [-0.25, -0.2) is 6.57 Å². The lowest BCUT2D eigenvalue weighted by molar-refractivity contribution is -0.126. The molecule has 5 heteroatoms. The predicted molar refractivity (Wildman–Crippen MR) is 120 cm³/mol. The van der Waals surface area contributed by atoms with Gasteiger partial charge in [0.2, 0.25) is 5.78 Å². The summed E-state index contributed by atoms with van der Waals surface area (Å²) in [4.78, 5) is 21.7. The first kappa shape index (κ1) is 20.9. The maximum atomic E-state index is 13.4. The van der Waals surface area contributed by atoms with E-state index in [9.17, 15) is 4.79 Å². The summed E-state index contributed by atoms with van der Waals surface area (Å²) in [6, 6.07) is 14.1. The number of hydrogen-bond acceptors (Lipinski definition) is 2. The van der Waals surface area contributed by atoms with E-state index in [-0.39, 0.29) is 17.2 Å². The van der Waals surface area contributed by atoms with Crippen LogP contribution >= 0.6 is 15.9 Å². The molecule has 0 amide bonds. The molecule has 1 aromatic heterocycles. The van der Waals surface area contributed by atoms with Crippen molar-refractivity contribution in [2.24, 2.45) is 11.8 Å². The van der Waals surface area contributed by atoms with Crippen molar-refractivity contribution in [2.75, 3.05) is 0 Å². The Morgan fingerprint density at radius 1 is 1.21 bits per heavy atom. The van der Waals surface area contributed by atoms with Crippen molar-refractivity contribution in [3.63, 3.8) is 0 Å². The molecule has 0 aliphatic heterocycles. The highest BCUT2D eigenvalue weighted by atomic mass is 79.9. The van der Waals surface area contributed by atoms with E-state index in [2.05, 4.69) is 65.1 Å². The lowest BCUT2D eigenvalue weighted by Crippen LogP contribution is -2.56. The summed E-state index contributed by atoms with van der Waals surface area (Å²) in [7, 11) is -1.94. The van der Waals surface area contributed by atoms with Crippen LogP contribution in [0.5, 0.6) is 0 Å². The third-order valence-electron chi connectivity index (χ3n) is 6.31. The number of Topliss-reactive ketones (excluding diaryl/α,β-unsaturated/α-hetero) is 1. The van der Waals surface area contributed by atoms with Gasteiger partial charge >= 0.3 is 0 Å². The van der Waals surface area contributed by atoms with Crippen LogP contribution in [0.15, 0.2) is 46.9 Å². The van der Waals surface area contributed by atoms with E-state index in [4.69, 9.17) is 11.6 Å². The van der Waals surface area contributed by atoms with Gasteiger partial charge in [-0.05, 0) is 46.4 Å². The van der Waals surface area contributed by atoms with Crippen LogP contribution in [-0.4, -0.2) is 24.9 Å². The number of ketones is 1. The lowest BCUT2D eigenvalue weighted by Gasteiger charge is -2.44. The highest BCUT2D eigenvalue weighted by Crippen LogP contribution is 2.46.